The van der Waals surface area contributed by atoms with Crippen LogP contribution in [0, 0.1) is 0 Å². The Kier molecular flexibility index (Phi) is 13.2. The predicted molar refractivity (Wildman–Crippen MR) is 134 cm³/mol. The number of halogens is 1. The zero-order chi connectivity index (χ0) is 20.0. The molecule has 0 aliphatic carbocycles. The van der Waals surface area contributed by atoms with E-state index in [0.717, 1.165) is 43.2 Å². The number of benzene rings is 2. The highest BCUT2D eigenvalue weighted by atomic mass is 127. The van der Waals surface area contributed by atoms with Gasteiger partial charge >= 0.3 is 0 Å². The van der Waals surface area contributed by atoms with Crippen molar-refractivity contribution in [2.75, 3.05) is 25.9 Å². The first-order chi connectivity index (χ1) is 13.7. The van der Waals surface area contributed by atoms with E-state index in [2.05, 4.69) is 52.1 Å². The number of aliphatic imine (C=N–C) groups is 1. The normalized spacial score (nSPS) is 10.8. The Bertz CT molecular complexity index is 738. The van der Waals surface area contributed by atoms with E-state index >= 15 is 0 Å². The summed E-state index contributed by atoms with van der Waals surface area (Å²) in [6, 6.07) is 18.0. The fourth-order valence-electron chi connectivity index (χ4n) is 2.52. The van der Waals surface area contributed by atoms with Crippen LogP contribution in [0.5, 0.6) is 0 Å². The summed E-state index contributed by atoms with van der Waals surface area (Å²) >= 11 is 1.82. The third kappa shape index (κ3) is 10.0. The molecule has 29 heavy (non-hydrogen) atoms. The molecule has 0 atom stereocenters. The predicted octanol–water partition coefficient (Wildman–Crippen LogP) is 4.29. The van der Waals surface area contributed by atoms with Gasteiger partial charge in [0.05, 0.1) is 0 Å². The number of amides is 1. The van der Waals surface area contributed by atoms with E-state index in [0.29, 0.717) is 12.1 Å². The Hall–Kier alpha value is -1.74. The quantitative estimate of drug-likeness (QED) is 0.142. The van der Waals surface area contributed by atoms with Crippen molar-refractivity contribution in [2.45, 2.75) is 31.2 Å². The van der Waals surface area contributed by atoms with E-state index in [9.17, 15) is 4.79 Å². The minimum atomic E-state index is -0.0126. The summed E-state index contributed by atoms with van der Waals surface area (Å²) in [6.45, 7) is 4.32. The molecule has 0 unspecified atom stereocenters. The van der Waals surface area contributed by atoms with Gasteiger partial charge in [-0.15, -0.1) is 35.7 Å². The Morgan fingerprint density at radius 1 is 0.966 bits per heavy atom. The molecule has 0 aromatic heterocycles. The van der Waals surface area contributed by atoms with E-state index < -0.39 is 0 Å². The van der Waals surface area contributed by atoms with Crippen molar-refractivity contribution in [3.05, 3.63) is 65.7 Å². The van der Waals surface area contributed by atoms with Gasteiger partial charge in [0.15, 0.2) is 5.96 Å². The zero-order valence-corrected chi connectivity index (χ0v) is 20.3. The minimum Gasteiger partial charge on any atom is -0.356 e. The molecule has 0 fully saturated rings. The third-order valence-corrected chi connectivity index (χ3v) is 5.14. The lowest BCUT2D eigenvalue weighted by Crippen LogP contribution is -2.37. The Morgan fingerprint density at radius 3 is 2.34 bits per heavy atom. The second kappa shape index (κ2) is 15.1. The molecule has 0 saturated heterocycles. The summed E-state index contributed by atoms with van der Waals surface area (Å²) in [5.74, 6) is 1.73. The number of nitrogens with zero attached hydrogens (tertiary/aromatic N) is 1. The van der Waals surface area contributed by atoms with Crippen LogP contribution in [-0.4, -0.2) is 37.8 Å². The van der Waals surface area contributed by atoms with Crippen molar-refractivity contribution in [3.8, 4) is 0 Å². The van der Waals surface area contributed by atoms with Crippen molar-refractivity contribution in [1.29, 1.82) is 0 Å². The molecule has 0 saturated carbocycles. The van der Waals surface area contributed by atoms with Gasteiger partial charge in [-0.1, -0.05) is 43.7 Å². The zero-order valence-electron chi connectivity index (χ0n) is 17.1. The molecule has 2 aromatic carbocycles. The van der Waals surface area contributed by atoms with Gasteiger partial charge in [-0.3, -0.25) is 9.79 Å². The first-order valence-electron chi connectivity index (χ1n) is 9.72. The van der Waals surface area contributed by atoms with Crippen molar-refractivity contribution < 1.29 is 4.79 Å². The van der Waals surface area contributed by atoms with E-state index in [1.54, 1.807) is 7.05 Å². The highest BCUT2D eigenvalue weighted by Gasteiger charge is 2.05. The Labute approximate surface area is 195 Å². The van der Waals surface area contributed by atoms with Crippen molar-refractivity contribution in [2.24, 2.45) is 4.99 Å². The average molecular weight is 526 g/mol. The van der Waals surface area contributed by atoms with Crippen molar-refractivity contribution >= 4 is 47.6 Å². The van der Waals surface area contributed by atoms with E-state index in [1.807, 2.05) is 42.1 Å². The van der Waals surface area contributed by atoms with Crippen LogP contribution >= 0.6 is 35.7 Å². The van der Waals surface area contributed by atoms with Crippen LogP contribution in [0.4, 0.5) is 0 Å². The van der Waals surface area contributed by atoms with Crippen molar-refractivity contribution in [3.63, 3.8) is 0 Å². The molecule has 0 radical (unpaired) electrons. The van der Waals surface area contributed by atoms with Crippen LogP contribution in [0.1, 0.15) is 35.7 Å². The second-order valence-corrected chi connectivity index (χ2v) is 7.49. The number of guanidine groups is 1. The molecular formula is C22H31IN4OS. The lowest BCUT2D eigenvalue weighted by atomic mass is 10.1. The maximum atomic E-state index is 12.0. The van der Waals surface area contributed by atoms with E-state index in [4.69, 9.17) is 0 Å². The molecule has 2 rings (SSSR count). The molecule has 1 amide bonds. The molecular weight excluding hydrogens is 495 g/mol. The molecule has 0 aliphatic rings. The van der Waals surface area contributed by atoms with E-state index in [1.165, 1.54) is 4.90 Å². The number of thioether (sulfide) groups is 1. The third-order valence-electron chi connectivity index (χ3n) is 4.12. The summed E-state index contributed by atoms with van der Waals surface area (Å²) < 4.78 is 0. The molecule has 7 heteroatoms. The maximum Gasteiger partial charge on any atom is 0.251 e. The highest BCUT2D eigenvalue weighted by Crippen LogP contribution is 2.15. The van der Waals surface area contributed by atoms with Gasteiger partial charge in [0.25, 0.3) is 5.91 Å². The molecule has 0 heterocycles. The van der Waals surface area contributed by atoms with Gasteiger partial charge in [-0.05, 0) is 36.2 Å². The molecule has 0 spiro atoms. The molecule has 0 bridgehead atoms. The molecule has 3 N–H and O–H groups in total. The molecule has 158 valence electrons. The SMILES string of the molecule is CCCCNC(=O)c1ccc(CNC(=NC)NCCSc2ccccc2)cc1.I. The lowest BCUT2D eigenvalue weighted by molar-refractivity contribution is 0.0953. The summed E-state index contributed by atoms with van der Waals surface area (Å²) in [5, 5.41) is 9.56. The largest absolute Gasteiger partial charge is 0.356 e. The maximum absolute atomic E-state index is 12.0. The number of carbonyl (C=O) groups excluding carboxylic acids is 1. The van der Waals surface area contributed by atoms with Gasteiger partial charge in [-0.25, -0.2) is 0 Å². The van der Waals surface area contributed by atoms with Crippen LogP contribution in [-0.2, 0) is 6.54 Å². The first-order valence-corrected chi connectivity index (χ1v) is 10.7. The topological polar surface area (TPSA) is 65.5 Å². The number of nitrogens with one attached hydrogen (secondary N) is 3. The summed E-state index contributed by atoms with van der Waals surface area (Å²) in [6.07, 6.45) is 2.08. The Morgan fingerprint density at radius 2 is 1.69 bits per heavy atom. The first kappa shape index (κ1) is 25.3. The standard InChI is InChI=1S/C22H30N4OS.HI/c1-3-4-14-24-21(27)19-12-10-18(11-13-19)17-26-22(23-2)25-15-16-28-20-8-6-5-7-9-20;/h5-13H,3-4,14-17H2,1-2H3,(H,24,27)(H2,23,25,26);1H. The minimum absolute atomic E-state index is 0. The van der Waals surface area contributed by atoms with Crippen LogP contribution in [0.15, 0.2) is 64.5 Å². The number of rotatable bonds is 10. The molecule has 0 aliphatic heterocycles. The number of unbranched alkanes of at least 4 members (excludes halogenated alkanes) is 1. The van der Waals surface area contributed by atoms with Crippen LogP contribution < -0.4 is 16.0 Å². The van der Waals surface area contributed by atoms with Crippen LogP contribution in [0.25, 0.3) is 0 Å². The number of hydrogen-bond donors (Lipinski definition) is 3. The Balaban J connectivity index is 0.00000420. The fourth-order valence-corrected chi connectivity index (χ4v) is 3.31. The number of carbonyl (C=O) groups is 1. The lowest BCUT2D eigenvalue weighted by Gasteiger charge is -2.12. The van der Waals surface area contributed by atoms with Gasteiger partial charge in [-0.2, -0.15) is 0 Å². The summed E-state index contributed by atoms with van der Waals surface area (Å²) in [4.78, 5) is 17.6. The summed E-state index contributed by atoms with van der Waals surface area (Å²) in [7, 11) is 1.77. The fraction of sp³-hybridized carbons (Fsp3) is 0.364. The van der Waals surface area contributed by atoms with Gasteiger partial charge in [0.1, 0.15) is 0 Å². The highest BCUT2D eigenvalue weighted by molar-refractivity contribution is 14.0. The second-order valence-electron chi connectivity index (χ2n) is 6.32. The average Bonchev–Trinajstić information content (AvgIpc) is 2.74. The van der Waals surface area contributed by atoms with Crippen LogP contribution in [0.2, 0.25) is 0 Å². The molecule has 2 aromatic rings. The van der Waals surface area contributed by atoms with Gasteiger partial charge < -0.3 is 16.0 Å². The van der Waals surface area contributed by atoms with Gasteiger partial charge in [0, 0.05) is 42.9 Å². The van der Waals surface area contributed by atoms with Gasteiger partial charge in [0.2, 0.25) is 0 Å². The summed E-state index contributed by atoms with van der Waals surface area (Å²) in [5.41, 5.74) is 1.80. The smallest absolute Gasteiger partial charge is 0.251 e. The number of hydrogen-bond acceptors (Lipinski definition) is 3. The monoisotopic (exact) mass is 526 g/mol. The van der Waals surface area contributed by atoms with Crippen molar-refractivity contribution in [1.82, 2.24) is 16.0 Å². The van der Waals surface area contributed by atoms with E-state index in [-0.39, 0.29) is 29.9 Å². The van der Waals surface area contributed by atoms with Crippen LogP contribution in [0.3, 0.4) is 0 Å². The molecule has 5 nitrogen and oxygen atoms in total.